The Bertz CT molecular complexity index is 1720. The van der Waals surface area contributed by atoms with E-state index in [2.05, 4.69) is 25.1 Å². The molecular formula is C29H24ClF3N6O3S. The van der Waals surface area contributed by atoms with Gasteiger partial charge in [0.1, 0.15) is 12.1 Å². The van der Waals surface area contributed by atoms with Gasteiger partial charge in [-0.25, -0.2) is 14.5 Å². The van der Waals surface area contributed by atoms with Crippen LogP contribution in [0.15, 0.2) is 72.0 Å². The number of aryl methyl sites for hydroxylation is 1. The predicted octanol–water partition coefficient (Wildman–Crippen LogP) is 7.59. The molecule has 9 nitrogen and oxygen atoms in total. The second kappa shape index (κ2) is 12.1. The van der Waals surface area contributed by atoms with E-state index in [0.29, 0.717) is 22.6 Å². The zero-order valence-corrected chi connectivity index (χ0v) is 24.6. The Morgan fingerprint density at radius 3 is 2.53 bits per heavy atom. The maximum absolute atomic E-state index is 12.9. The molecule has 1 N–H and O–H groups in total. The molecule has 1 fully saturated rings. The molecule has 0 saturated carbocycles. The maximum Gasteiger partial charge on any atom is 0.573 e. The molecule has 0 spiro atoms. The van der Waals surface area contributed by atoms with Crippen LogP contribution < -0.4 is 15.0 Å². The Hall–Kier alpha value is -4.36. The van der Waals surface area contributed by atoms with Gasteiger partial charge in [-0.1, -0.05) is 49.3 Å². The summed E-state index contributed by atoms with van der Waals surface area (Å²) in [7, 11) is 0. The lowest BCUT2D eigenvalue weighted by Gasteiger charge is -2.22. The molecule has 1 saturated heterocycles. The molecule has 5 rings (SSSR count). The van der Waals surface area contributed by atoms with Gasteiger partial charge in [-0.2, -0.15) is 4.99 Å². The van der Waals surface area contributed by atoms with Crippen molar-refractivity contribution < 1.29 is 27.5 Å². The van der Waals surface area contributed by atoms with Gasteiger partial charge in [0, 0.05) is 5.56 Å². The SMILES string of the molecule is Cc1ccc(C(C)C)c(N2C(=O)CS/C2=N\C(=O)Nc2ccc(-n3cnc(-c4ccc(OC(F)(F)F)cc4)n3)cc2Cl)c1. The molecule has 222 valence electrons. The van der Waals surface area contributed by atoms with Crippen molar-refractivity contribution in [3.8, 4) is 22.8 Å². The van der Waals surface area contributed by atoms with Crippen LogP contribution in [-0.2, 0) is 4.79 Å². The number of ether oxygens (including phenoxy) is 1. The van der Waals surface area contributed by atoms with Crippen molar-refractivity contribution >= 4 is 51.8 Å². The van der Waals surface area contributed by atoms with Gasteiger partial charge in [0.15, 0.2) is 11.0 Å². The number of alkyl halides is 3. The average molecular weight is 629 g/mol. The van der Waals surface area contributed by atoms with Crippen molar-refractivity contribution in [1.82, 2.24) is 14.8 Å². The highest BCUT2D eigenvalue weighted by Gasteiger charge is 2.33. The number of carbonyl (C=O) groups excluding carboxylic acids is 2. The third-order valence-electron chi connectivity index (χ3n) is 6.31. The number of hydrogen-bond acceptors (Lipinski definition) is 6. The first-order valence-corrected chi connectivity index (χ1v) is 14.3. The molecule has 43 heavy (non-hydrogen) atoms. The number of carbonyl (C=O) groups is 2. The quantitative estimate of drug-likeness (QED) is 0.236. The number of thioether (sulfide) groups is 1. The number of rotatable bonds is 6. The van der Waals surface area contributed by atoms with Crippen molar-refractivity contribution in [3.63, 3.8) is 0 Å². The number of amides is 3. The summed E-state index contributed by atoms with van der Waals surface area (Å²) in [6.45, 7) is 6.00. The maximum atomic E-state index is 12.9. The molecule has 14 heteroatoms. The van der Waals surface area contributed by atoms with Gasteiger partial charge in [-0.15, -0.1) is 18.3 Å². The number of nitrogens with one attached hydrogen (secondary N) is 1. The van der Waals surface area contributed by atoms with E-state index in [0.717, 1.165) is 11.1 Å². The van der Waals surface area contributed by atoms with E-state index in [9.17, 15) is 22.8 Å². The van der Waals surface area contributed by atoms with Crippen LogP contribution in [0.2, 0.25) is 5.02 Å². The van der Waals surface area contributed by atoms with E-state index in [1.165, 1.54) is 51.9 Å². The first-order valence-electron chi connectivity index (χ1n) is 12.9. The van der Waals surface area contributed by atoms with Gasteiger partial charge in [0.05, 0.1) is 27.8 Å². The number of nitrogens with zero attached hydrogens (tertiary/aromatic N) is 5. The molecule has 2 heterocycles. The lowest BCUT2D eigenvalue weighted by Crippen LogP contribution is -2.31. The number of urea groups is 1. The molecule has 0 unspecified atom stereocenters. The topological polar surface area (TPSA) is 102 Å². The zero-order valence-electron chi connectivity index (χ0n) is 23.0. The minimum Gasteiger partial charge on any atom is -0.406 e. The molecule has 0 bridgehead atoms. The Morgan fingerprint density at radius 2 is 1.86 bits per heavy atom. The summed E-state index contributed by atoms with van der Waals surface area (Å²) in [5.74, 6) is 0.0697. The number of anilines is 2. The summed E-state index contributed by atoms with van der Waals surface area (Å²) in [5, 5.41) is 7.49. The third-order valence-corrected chi connectivity index (χ3v) is 7.54. The van der Waals surface area contributed by atoms with Crippen LogP contribution in [0.3, 0.4) is 0 Å². The summed E-state index contributed by atoms with van der Waals surface area (Å²) in [6, 6.07) is 15.1. The number of benzene rings is 3. The molecule has 0 atom stereocenters. The highest BCUT2D eigenvalue weighted by molar-refractivity contribution is 8.15. The fourth-order valence-electron chi connectivity index (χ4n) is 4.32. The van der Waals surface area contributed by atoms with Crippen molar-refractivity contribution in [2.75, 3.05) is 16.0 Å². The number of halogens is 4. The summed E-state index contributed by atoms with van der Waals surface area (Å²) < 4.78 is 42.6. The molecule has 4 aromatic rings. The van der Waals surface area contributed by atoms with Gasteiger partial charge in [-0.05, 0) is 72.5 Å². The molecule has 0 aliphatic carbocycles. The Morgan fingerprint density at radius 1 is 1.12 bits per heavy atom. The van der Waals surface area contributed by atoms with Crippen LogP contribution >= 0.6 is 23.4 Å². The van der Waals surface area contributed by atoms with Crippen LogP contribution in [0, 0.1) is 6.92 Å². The first-order chi connectivity index (χ1) is 20.4. The number of hydrogen-bond donors (Lipinski definition) is 1. The van der Waals surface area contributed by atoms with Crippen LogP contribution in [0.1, 0.15) is 30.9 Å². The highest BCUT2D eigenvalue weighted by Crippen LogP contribution is 2.34. The summed E-state index contributed by atoms with van der Waals surface area (Å²) >= 11 is 7.64. The van der Waals surface area contributed by atoms with E-state index < -0.39 is 12.4 Å². The lowest BCUT2D eigenvalue weighted by atomic mass is 9.99. The smallest absolute Gasteiger partial charge is 0.406 e. The monoisotopic (exact) mass is 628 g/mol. The summed E-state index contributed by atoms with van der Waals surface area (Å²) in [5.41, 5.74) is 3.95. The Kier molecular flexibility index (Phi) is 8.47. The second-order valence-corrected chi connectivity index (χ2v) is 11.2. The van der Waals surface area contributed by atoms with Gasteiger partial charge in [-0.3, -0.25) is 9.69 Å². The molecule has 0 radical (unpaired) electrons. The molecule has 3 aromatic carbocycles. The van der Waals surface area contributed by atoms with Crippen LogP contribution in [0.25, 0.3) is 17.1 Å². The second-order valence-electron chi connectivity index (χ2n) is 9.81. The van der Waals surface area contributed by atoms with Crippen molar-refractivity contribution in [2.24, 2.45) is 4.99 Å². The largest absolute Gasteiger partial charge is 0.573 e. The number of amidine groups is 1. The zero-order chi connectivity index (χ0) is 30.9. The first kappa shape index (κ1) is 30.1. The van der Waals surface area contributed by atoms with Gasteiger partial charge >= 0.3 is 12.4 Å². The average Bonchev–Trinajstić information content (AvgIpc) is 3.56. The van der Waals surface area contributed by atoms with E-state index in [1.54, 1.807) is 18.2 Å². The summed E-state index contributed by atoms with van der Waals surface area (Å²) in [4.78, 5) is 35.6. The molecule has 1 aliphatic rings. The number of aromatic nitrogens is 3. The van der Waals surface area contributed by atoms with E-state index >= 15 is 0 Å². The molecule has 1 aliphatic heterocycles. The third kappa shape index (κ3) is 7.00. The summed E-state index contributed by atoms with van der Waals surface area (Å²) in [6.07, 6.45) is -3.36. The number of aliphatic imine (C=N–C) groups is 1. The van der Waals surface area contributed by atoms with E-state index in [4.69, 9.17) is 11.6 Å². The van der Waals surface area contributed by atoms with Gasteiger partial charge < -0.3 is 10.1 Å². The van der Waals surface area contributed by atoms with Crippen LogP contribution in [0.5, 0.6) is 5.75 Å². The van der Waals surface area contributed by atoms with Crippen LogP contribution in [0.4, 0.5) is 29.3 Å². The van der Waals surface area contributed by atoms with Gasteiger partial charge in [0.2, 0.25) is 5.91 Å². The van der Waals surface area contributed by atoms with Gasteiger partial charge in [0.25, 0.3) is 0 Å². The van der Waals surface area contributed by atoms with Crippen molar-refractivity contribution in [2.45, 2.75) is 33.1 Å². The van der Waals surface area contributed by atoms with E-state index in [1.807, 2.05) is 39.0 Å². The lowest BCUT2D eigenvalue weighted by molar-refractivity contribution is -0.274. The molecular weight excluding hydrogens is 605 g/mol. The molecule has 1 aromatic heterocycles. The molecule has 3 amide bonds. The fourth-order valence-corrected chi connectivity index (χ4v) is 5.40. The standard InChI is InChI=1S/C29H24ClF3N6O3S/c1-16(2)21-10-4-17(3)12-24(21)39-25(40)14-43-28(39)36-27(41)35-23-11-7-19(13-22(23)30)38-15-34-26(37-38)18-5-8-20(9-6-18)42-29(31,32)33/h4-13,15-16H,14H2,1-3H3,(H,35,41)/b36-28-. The minimum atomic E-state index is -4.78. The predicted molar refractivity (Wildman–Crippen MR) is 160 cm³/mol. The van der Waals surface area contributed by atoms with Crippen molar-refractivity contribution in [3.05, 3.63) is 83.1 Å². The Balaban J connectivity index is 1.31. The van der Waals surface area contributed by atoms with E-state index in [-0.39, 0.29) is 39.3 Å². The fraction of sp³-hybridized carbons (Fsp3) is 0.207. The highest BCUT2D eigenvalue weighted by atomic mass is 35.5. The minimum absolute atomic E-state index is 0.154. The van der Waals surface area contributed by atoms with Crippen LogP contribution in [-0.4, -0.2) is 44.0 Å². The normalized spacial score (nSPS) is 14.6. The Labute approximate surface area is 253 Å². The van der Waals surface area contributed by atoms with Crippen molar-refractivity contribution in [1.29, 1.82) is 0 Å².